The number of alkyl halides is 3. The van der Waals surface area contributed by atoms with Gasteiger partial charge in [-0.15, -0.1) is 28.2 Å². The minimum absolute atomic E-state index is 0.0111. The third-order valence-corrected chi connectivity index (χ3v) is 9.71. The number of nitrogens with one attached hydrogen (secondary N) is 2. The minimum Gasteiger partial charge on any atom is -0.481 e. The van der Waals surface area contributed by atoms with E-state index in [0.29, 0.717) is 11.3 Å². The van der Waals surface area contributed by atoms with E-state index in [1.807, 2.05) is 0 Å². The number of aromatic nitrogens is 5. The first-order valence-corrected chi connectivity index (χ1v) is 14.8. The quantitative estimate of drug-likeness (QED) is 0.0754. The lowest BCUT2D eigenvalue weighted by molar-refractivity contribution is -0.167. The van der Waals surface area contributed by atoms with Crippen LogP contribution in [0.5, 0.6) is 0 Å². The lowest BCUT2D eigenvalue weighted by Gasteiger charge is -2.53. The number of nitrogens with zero attached hydrogens (tertiary/aromatic N) is 7. The lowest BCUT2D eigenvalue weighted by Crippen LogP contribution is -2.74. The van der Waals surface area contributed by atoms with Crippen molar-refractivity contribution in [2.75, 3.05) is 30.5 Å². The second-order valence-electron chi connectivity index (χ2n) is 9.10. The van der Waals surface area contributed by atoms with Crippen LogP contribution >= 0.6 is 34.9 Å². The first-order chi connectivity index (χ1) is 20.7. The third-order valence-electron chi connectivity index (χ3n) is 6.12. The van der Waals surface area contributed by atoms with Crippen molar-refractivity contribution in [3.63, 3.8) is 0 Å². The standard InChI is InChI=1S/C20H20F3N9O9S3/c1-41-28-9(7-3-42-17(24-7)26-15(38)20(21,22)23)11(34)25-10-12(35)31-4-19(16(39)40,5-43-13(10)31)6-44-18-27-29-30-32(18)2-8(33)14(36)37/h3,8,10,13,33H,2,4-6H2,1H3,(H,25,34)(H,36,37)(H,39,40)(H,24,26,38)/t8?,10?,13-,19?/m1/s1. The van der Waals surface area contributed by atoms with Gasteiger partial charge in [0.2, 0.25) is 11.1 Å². The number of thiazole rings is 1. The number of aliphatic carboxylic acids is 2. The zero-order chi connectivity index (χ0) is 32.4. The summed E-state index contributed by atoms with van der Waals surface area (Å²) in [5.74, 6) is -6.73. The van der Waals surface area contributed by atoms with Gasteiger partial charge in [-0.25, -0.2) is 14.5 Å². The van der Waals surface area contributed by atoms with Crippen LogP contribution in [0.3, 0.4) is 0 Å². The number of hydrogen-bond acceptors (Lipinski definition) is 15. The van der Waals surface area contributed by atoms with Crippen LogP contribution in [0.15, 0.2) is 15.7 Å². The number of fused-ring (bicyclic) bond motifs is 1. The zero-order valence-electron chi connectivity index (χ0n) is 21.9. The Morgan fingerprint density at radius 3 is 2.68 bits per heavy atom. The Labute approximate surface area is 255 Å². The number of oxime groups is 1. The summed E-state index contributed by atoms with van der Waals surface area (Å²) in [7, 11) is 1.09. The molecule has 4 atom stereocenters. The molecule has 0 aromatic carbocycles. The van der Waals surface area contributed by atoms with Gasteiger partial charge >= 0.3 is 24.0 Å². The van der Waals surface area contributed by atoms with Gasteiger partial charge in [0.1, 0.15) is 29.6 Å². The number of amides is 3. The molecular formula is C20H20F3N9O9S3. The van der Waals surface area contributed by atoms with Crippen molar-refractivity contribution in [2.24, 2.45) is 10.6 Å². The van der Waals surface area contributed by atoms with Gasteiger partial charge in [0.15, 0.2) is 16.9 Å². The van der Waals surface area contributed by atoms with Crippen molar-refractivity contribution >= 4 is 75.4 Å². The normalized spacial score (nSPS) is 22.4. The Hall–Kier alpha value is -4.03. The van der Waals surface area contributed by atoms with E-state index in [-0.39, 0.29) is 28.9 Å². The predicted molar refractivity (Wildman–Crippen MR) is 142 cm³/mol. The maximum Gasteiger partial charge on any atom is 0.471 e. The molecule has 2 saturated heterocycles. The molecule has 44 heavy (non-hydrogen) atoms. The Bertz CT molecular complexity index is 1500. The Kier molecular flexibility index (Phi) is 9.65. The first-order valence-electron chi connectivity index (χ1n) is 11.9. The van der Waals surface area contributed by atoms with Crippen molar-refractivity contribution in [3.8, 4) is 0 Å². The van der Waals surface area contributed by atoms with E-state index in [9.17, 15) is 47.4 Å². The molecule has 0 aliphatic carbocycles. The summed E-state index contributed by atoms with van der Waals surface area (Å²) in [5.41, 5.74) is -2.23. The second-order valence-corrected chi connectivity index (χ2v) is 12.0. The third kappa shape index (κ3) is 6.86. The SMILES string of the molecule is CON=C(C(=O)NC1C(=O)N2CC(CSc3nnnn3CC(O)C(=O)O)(C(=O)O)CS[C@H]12)c1csc(NC(=O)C(F)(F)F)n1. The summed E-state index contributed by atoms with van der Waals surface area (Å²) in [6.45, 7) is -0.725. The molecule has 2 aromatic rings. The molecule has 0 radical (unpaired) electrons. The number of β-lactam (4-membered cyclic amide) rings is 1. The highest BCUT2D eigenvalue weighted by molar-refractivity contribution is 8.00. The number of anilines is 1. The van der Waals surface area contributed by atoms with Gasteiger partial charge in [-0.2, -0.15) is 13.2 Å². The van der Waals surface area contributed by atoms with Crippen LogP contribution in [0.4, 0.5) is 18.3 Å². The molecule has 4 heterocycles. The zero-order valence-corrected chi connectivity index (χ0v) is 24.4. The number of carbonyl (C=O) groups is 5. The maximum atomic E-state index is 13.0. The highest BCUT2D eigenvalue weighted by Gasteiger charge is 2.57. The summed E-state index contributed by atoms with van der Waals surface area (Å²) in [6, 6.07) is -1.11. The topological polar surface area (TPSA) is 251 Å². The summed E-state index contributed by atoms with van der Waals surface area (Å²) in [4.78, 5) is 70.1. The molecule has 0 bridgehead atoms. The van der Waals surface area contributed by atoms with Crippen LogP contribution in [-0.4, -0.2) is 130 Å². The van der Waals surface area contributed by atoms with Crippen molar-refractivity contribution in [3.05, 3.63) is 11.1 Å². The molecule has 5 N–H and O–H groups in total. The van der Waals surface area contributed by atoms with Gasteiger partial charge in [0.25, 0.3) is 5.91 Å². The van der Waals surface area contributed by atoms with E-state index in [2.05, 4.69) is 35.8 Å². The fraction of sp³-hybridized carbons (Fsp3) is 0.500. The van der Waals surface area contributed by atoms with Gasteiger partial charge in [0, 0.05) is 23.4 Å². The van der Waals surface area contributed by atoms with E-state index in [0.717, 1.165) is 40.7 Å². The predicted octanol–water partition coefficient (Wildman–Crippen LogP) is -1.31. The average molecular weight is 684 g/mol. The lowest BCUT2D eigenvalue weighted by atomic mass is 9.89. The molecular weight excluding hydrogens is 663 g/mol. The second kappa shape index (κ2) is 12.9. The molecule has 3 unspecified atom stereocenters. The molecule has 2 aromatic heterocycles. The molecule has 0 spiro atoms. The Morgan fingerprint density at radius 2 is 2.05 bits per heavy atom. The fourth-order valence-electron chi connectivity index (χ4n) is 3.88. The number of halogens is 3. The first kappa shape index (κ1) is 32.9. The number of aliphatic hydroxyl groups excluding tert-OH is 1. The molecule has 18 nitrogen and oxygen atoms in total. The number of carboxylic acids is 2. The van der Waals surface area contributed by atoms with E-state index < -0.39 is 76.2 Å². The minimum atomic E-state index is -5.17. The summed E-state index contributed by atoms with van der Waals surface area (Å²) in [6.07, 6.45) is -6.97. The highest BCUT2D eigenvalue weighted by Crippen LogP contribution is 2.44. The maximum absolute atomic E-state index is 13.0. The average Bonchev–Trinajstić information content (AvgIpc) is 3.61. The Balaban J connectivity index is 1.40. The molecule has 238 valence electrons. The van der Waals surface area contributed by atoms with Gasteiger partial charge in [-0.3, -0.25) is 24.5 Å². The van der Waals surface area contributed by atoms with Crippen LogP contribution in [-0.2, 0) is 35.4 Å². The molecule has 0 saturated carbocycles. The highest BCUT2D eigenvalue weighted by atomic mass is 32.2. The van der Waals surface area contributed by atoms with Crippen LogP contribution in [0.1, 0.15) is 5.69 Å². The van der Waals surface area contributed by atoms with E-state index >= 15 is 0 Å². The molecule has 2 fully saturated rings. The van der Waals surface area contributed by atoms with E-state index in [4.69, 9.17) is 5.11 Å². The molecule has 24 heteroatoms. The smallest absolute Gasteiger partial charge is 0.471 e. The number of hydrogen-bond donors (Lipinski definition) is 5. The number of aliphatic hydroxyl groups is 1. The van der Waals surface area contributed by atoms with E-state index in [1.54, 1.807) is 5.32 Å². The van der Waals surface area contributed by atoms with Crippen molar-refractivity contribution in [1.82, 2.24) is 35.4 Å². The van der Waals surface area contributed by atoms with Crippen molar-refractivity contribution in [2.45, 2.75) is 35.4 Å². The van der Waals surface area contributed by atoms with Crippen molar-refractivity contribution in [1.29, 1.82) is 0 Å². The number of carboxylic acid groups (broad SMARTS) is 2. The number of tetrazole rings is 1. The van der Waals surface area contributed by atoms with Crippen LogP contribution in [0.25, 0.3) is 0 Å². The number of carbonyl (C=O) groups excluding carboxylic acids is 3. The molecule has 4 rings (SSSR count). The number of rotatable bonds is 12. The molecule has 3 amide bonds. The van der Waals surface area contributed by atoms with Gasteiger partial charge in [-0.1, -0.05) is 16.9 Å². The summed E-state index contributed by atoms with van der Waals surface area (Å²) >= 11 is 2.55. The van der Waals surface area contributed by atoms with Crippen LogP contribution in [0, 0.1) is 5.41 Å². The van der Waals surface area contributed by atoms with Gasteiger partial charge in [-0.05, 0) is 10.4 Å². The Morgan fingerprint density at radius 1 is 1.32 bits per heavy atom. The summed E-state index contributed by atoms with van der Waals surface area (Å²) in [5, 5.41) is 46.9. The van der Waals surface area contributed by atoms with Crippen molar-refractivity contribution < 1.29 is 57.3 Å². The fourth-order valence-corrected chi connectivity index (χ4v) is 7.32. The van der Waals surface area contributed by atoms with E-state index in [1.165, 1.54) is 4.90 Å². The molecule has 2 aliphatic heterocycles. The molecule has 2 aliphatic rings. The van der Waals surface area contributed by atoms with Gasteiger partial charge < -0.3 is 30.4 Å². The van der Waals surface area contributed by atoms with Gasteiger partial charge in [0.05, 0.1) is 6.54 Å². The van der Waals surface area contributed by atoms with Crippen LogP contribution < -0.4 is 10.6 Å². The monoisotopic (exact) mass is 683 g/mol. The summed E-state index contributed by atoms with van der Waals surface area (Å²) < 4.78 is 38.6. The largest absolute Gasteiger partial charge is 0.481 e. The number of thioether (sulfide) groups is 2. The van der Waals surface area contributed by atoms with Crippen LogP contribution in [0.2, 0.25) is 0 Å².